The number of aliphatic carboxylic acids is 1. The van der Waals surface area contributed by atoms with Crippen LogP contribution in [0.25, 0.3) is 5.57 Å². The molecule has 0 spiro atoms. The third-order valence-electron chi connectivity index (χ3n) is 6.46. The van der Waals surface area contributed by atoms with Crippen molar-refractivity contribution in [2.45, 2.75) is 44.5 Å². The average Bonchev–Trinajstić information content (AvgIpc) is 3.39. The van der Waals surface area contributed by atoms with E-state index in [-0.39, 0.29) is 36.1 Å². The maximum atomic E-state index is 12.4. The second kappa shape index (κ2) is 9.50. The number of β-lactam (4-membered cyclic amide) rings is 1. The van der Waals surface area contributed by atoms with Crippen molar-refractivity contribution in [3.05, 3.63) is 35.0 Å². The highest BCUT2D eigenvalue weighted by Gasteiger charge is 2.56. The molecule has 2 fully saturated rings. The van der Waals surface area contributed by atoms with Gasteiger partial charge >= 0.3 is 5.97 Å². The molecule has 3 aliphatic heterocycles. The Balaban J connectivity index is 1.46. The van der Waals surface area contributed by atoms with Crippen LogP contribution in [0.5, 0.6) is 5.75 Å². The number of ether oxygens (including phenoxy) is 2. The number of carbonyl (C=O) groups is 3. The standard InChI is InChI=1S/C23H29N3O7/c1-12(27)20-17-8-16(21(23(30)31)26(17)22(20)29)13-3-4-14(18(7-13)32-2)9-24-10-19(28)25-15-5-6-33-11-15/h3-4,7,12,15,17,20,24,27H,5-6,8-11H2,1-2H3,(H,25,28)(H,30,31)/t12-,15?,17-,20-/m1/s1. The van der Waals surface area contributed by atoms with E-state index < -0.39 is 18.0 Å². The summed E-state index contributed by atoms with van der Waals surface area (Å²) in [6.45, 7) is 3.28. The number of benzene rings is 1. The summed E-state index contributed by atoms with van der Waals surface area (Å²) in [6.07, 6.45) is 0.334. The maximum Gasteiger partial charge on any atom is 0.352 e. The normalized spacial score (nSPS) is 25.0. The molecule has 178 valence electrons. The zero-order valence-electron chi connectivity index (χ0n) is 18.7. The van der Waals surface area contributed by atoms with Crippen molar-refractivity contribution in [2.24, 2.45) is 5.92 Å². The van der Waals surface area contributed by atoms with Gasteiger partial charge in [0, 0.05) is 18.7 Å². The molecule has 10 heteroatoms. The molecule has 0 aliphatic carbocycles. The molecular formula is C23H29N3O7. The Morgan fingerprint density at radius 1 is 1.36 bits per heavy atom. The lowest BCUT2D eigenvalue weighted by Gasteiger charge is -2.44. The molecule has 3 aliphatic rings. The molecule has 4 rings (SSSR count). The van der Waals surface area contributed by atoms with Gasteiger partial charge in [-0.3, -0.25) is 9.59 Å². The van der Waals surface area contributed by atoms with Crippen LogP contribution in [0.3, 0.4) is 0 Å². The Morgan fingerprint density at radius 3 is 2.79 bits per heavy atom. The minimum atomic E-state index is -1.17. The van der Waals surface area contributed by atoms with Gasteiger partial charge in [-0.2, -0.15) is 0 Å². The fourth-order valence-corrected chi connectivity index (χ4v) is 4.84. The summed E-state index contributed by atoms with van der Waals surface area (Å²) < 4.78 is 10.8. The van der Waals surface area contributed by atoms with Crippen LogP contribution in [-0.2, 0) is 25.7 Å². The van der Waals surface area contributed by atoms with E-state index in [1.165, 1.54) is 12.0 Å². The average molecular weight is 459 g/mol. The van der Waals surface area contributed by atoms with Gasteiger partial charge in [0.1, 0.15) is 11.4 Å². The number of nitrogens with zero attached hydrogens (tertiary/aromatic N) is 1. The summed E-state index contributed by atoms with van der Waals surface area (Å²) >= 11 is 0. The smallest absolute Gasteiger partial charge is 0.352 e. The number of carboxylic acids is 1. The van der Waals surface area contributed by atoms with Gasteiger partial charge in [0.2, 0.25) is 11.8 Å². The second-order valence-electron chi connectivity index (χ2n) is 8.64. The summed E-state index contributed by atoms with van der Waals surface area (Å²) in [5.74, 6) is -1.69. The predicted molar refractivity (Wildman–Crippen MR) is 117 cm³/mol. The molecule has 2 saturated heterocycles. The Kier molecular flexibility index (Phi) is 6.68. The van der Waals surface area contributed by atoms with E-state index in [0.29, 0.717) is 43.1 Å². The number of nitrogens with one attached hydrogen (secondary N) is 2. The number of fused-ring (bicyclic) bond motifs is 1. The molecular weight excluding hydrogens is 430 g/mol. The number of hydrogen-bond donors (Lipinski definition) is 4. The van der Waals surface area contributed by atoms with Crippen LogP contribution in [-0.4, -0.2) is 78.0 Å². The number of amides is 2. The quantitative estimate of drug-likeness (QED) is 0.382. The van der Waals surface area contributed by atoms with Crippen molar-refractivity contribution in [3.63, 3.8) is 0 Å². The Bertz CT molecular complexity index is 984. The van der Waals surface area contributed by atoms with Crippen molar-refractivity contribution in [3.8, 4) is 5.75 Å². The van der Waals surface area contributed by atoms with E-state index in [0.717, 1.165) is 12.0 Å². The highest BCUT2D eigenvalue weighted by Crippen LogP contribution is 2.47. The monoisotopic (exact) mass is 459 g/mol. The van der Waals surface area contributed by atoms with E-state index in [4.69, 9.17) is 9.47 Å². The largest absolute Gasteiger partial charge is 0.496 e. The summed E-state index contributed by atoms with van der Waals surface area (Å²) in [7, 11) is 1.52. The number of methoxy groups -OCH3 is 1. The molecule has 0 bridgehead atoms. The lowest BCUT2D eigenvalue weighted by Crippen LogP contribution is -2.61. The van der Waals surface area contributed by atoms with E-state index in [9.17, 15) is 24.6 Å². The maximum absolute atomic E-state index is 12.4. The van der Waals surface area contributed by atoms with Crippen molar-refractivity contribution < 1.29 is 34.1 Å². The van der Waals surface area contributed by atoms with Crippen LogP contribution in [0.15, 0.2) is 23.9 Å². The molecule has 1 aromatic rings. The molecule has 1 aromatic carbocycles. The molecule has 0 radical (unpaired) electrons. The minimum absolute atomic E-state index is 0.0395. The van der Waals surface area contributed by atoms with Crippen molar-refractivity contribution in [2.75, 3.05) is 26.9 Å². The van der Waals surface area contributed by atoms with Crippen molar-refractivity contribution in [1.82, 2.24) is 15.5 Å². The predicted octanol–water partition coefficient (Wildman–Crippen LogP) is 0.0971. The fourth-order valence-electron chi connectivity index (χ4n) is 4.84. The highest BCUT2D eigenvalue weighted by atomic mass is 16.5. The number of aliphatic hydroxyl groups excluding tert-OH is 1. The first-order valence-electron chi connectivity index (χ1n) is 11.0. The van der Waals surface area contributed by atoms with Crippen LogP contribution in [0, 0.1) is 5.92 Å². The molecule has 3 heterocycles. The zero-order chi connectivity index (χ0) is 23.7. The van der Waals surface area contributed by atoms with Crippen LogP contribution in [0.2, 0.25) is 0 Å². The van der Waals surface area contributed by atoms with E-state index in [2.05, 4.69) is 10.6 Å². The molecule has 1 unspecified atom stereocenters. The minimum Gasteiger partial charge on any atom is -0.496 e. The van der Waals surface area contributed by atoms with Gasteiger partial charge in [-0.1, -0.05) is 12.1 Å². The van der Waals surface area contributed by atoms with Gasteiger partial charge < -0.3 is 35.2 Å². The van der Waals surface area contributed by atoms with Crippen molar-refractivity contribution >= 4 is 23.4 Å². The second-order valence-corrected chi connectivity index (χ2v) is 8.64. The topological polar surface area (TPSA) is 137 Å². The third kappa shape index (κ3) is 4.46. The number of rotatable bonds is 9. The van der Waals surface area contributed by atoms with Gasteiger partial charge in [0.25, 0.3) is 0 Å². The first-order valence-corrected chi connectivity index (χ1v) is 11.0. The van der Waals surface area contributed by atoms with Gasteiger partial charge in [-0.05, 0) is 37.0 Å². The number of hydrogen-bond acceptors (Lipinski definition) is 7. The van der Waals surface area contributed by atoms with Crippen LogP contribution < -0.4 is 15.4 Å². The lowest BCUT2D eigenvalue weighted by atomic mass is 9.82. The van der Waals surface area contributed by atoms with E-state index in [1.54, 1.807) is 19.1 Å². The van der Waals surface area contributed by atoms with Crippen LogP contribution >= 0.6 is 0 Å². The van der Waals surface area contributed by atoms with E-state index >= 15 is 0 Å². The first kappa shape index (κ1) is 23.2. The first-order chi connectivity index (χ1) is 15.8. The van der Waals surface area contributed by atoms with Gasteiger partial charge in [-0.15, -0.1) is 0 Å². The summed E-state index contributed by atoms with van der Waals surface area (Å²) in [4.78, 5) is 37.7. The Hall–Kier alpha value is -2.95. The molecule has 2 amide bonds. The Labute approximate surface area is 191 Å². The third-order valence-corrected chi connectivity index (χ3v) is 6.46. The van der Waals surface area contributed by atoms with Crippen LogP contribution in [0.4, 0.5) is 0 Å². The molecule has 0 aromatic heterocycles. The molecule has 33 heavy (non-hydrogen) atoms. The molecule has 10 nitrogen and oxygen atoms in total. The highest BCUT2D eigenvalue weighted by molar-refractivity contribution is 6.06. The Morgan fingerprint density at radius 2 is 2.15 bits per heavy atom. The van der Waals surface area contributed by atoms with Crippen LogP contribution in [0.1, 0.15) is 30.9 Å². The fraction of sp³-hybridized carbons (Fsp3) is 0.522. The summed E-state index contributed by atoms with van der Waals surface area (Å²) in [5, 5.41) is 25.7. The van der Waals surface area contributed by atoms with Gasteiger partial charge in [-0.25, -0.2) is 4.79 Å². The summed E-state index contributed by atoms with van der Waals surface area (Å²) in [6, 6.07) is 5.07. The number of carboxylic acid groups (broad SMARTS) is 1. The molecule has 4 N–H and O–H groups in total. The number of aliphatic hydroxyl groups is 1. The summed E-state index contributed by atoms with van der Waals surface area (Å²) in [5.41, 5.74) is 1.97. The zero-order valence-corrected chi connectivity index (χ0v) is 18.7. The lowest BCUT2D eigenvalue weighted by molar-refractivity contribution is -0.161. The SMILES string of the molecule is COc1cc(C2=C(C(=O)O)N3C(=O)[C@H]([C@@H](C)O)[C@H]3C2)ccc1CNCC(=O)NC1CCOC1. The van der Waals surface area contributed by atoms with Gasteiger partial charge in [0.15, 0.2) is 0 Å². The van der Waals surface area contributed by atoms with E-state index in [1.807, 2.05) is 6.07 Å². The molecule has 0 saturated carbocycles. The molecule has 4 atom stereocenters. The van der Waals surface area contributed by atoms with Crippen molar-refractivity contribution in [1.29, 1.82) is 0 Å². The van der Waals surface area contributed by atoms with Gasteiger partial charge in [0.05, 0.1) is 44.4 Å². The number of carbonyl (C=O) groups excluding carboxylic acids is 2.